The zero-order valence-corrected chi connectivity index (χ0v) is 18.2. The van der Waals surface area contributed by atoms with E-state index in [9.17, 15) is 14.0 Å². The highest BCUT2D eigenvalue weighted by Crippen LogP contribution is 2.38. The third-order valence-corrected chi connectivity index (χ3v) is 6.78. The summed E-state index contributed by atoms with van der Waals surface area (Å²) in [5.41, 5.74) is 1.34. The fraction of sp³-hybridized carbons (Fsp3) is 0.524. The SMILES string of the molecule is CCOP(OCC)c1ccc2c(C(C)=O)cn(CC(=O)N3C[C@H](F)C[C@H]3C)c2c1. The molecule has 0 bridgehead atoms. The zero-order chi connectivity index (χ0) is 21.1. The lowest BCUT2D eigenvalue weighted by Crippen LogP contribution is -2.36. The number of alkyl halides is 1. The summed E-state index contributed by atoms with van der Waals surface area (Å²) < 4.78 is 27.0. The van der Waals surface area contributed by atoms with Crippen molar-refractivity contribution in [2.75, 3.05) is 19.8 Å². The van der Waals surface area contributed by atoms with E-state index in [1.54, 1.807) is 15.7 Å². The minimum Gasteiger partial charge on any atom is -0.337 e. The third kappa shape index (κ3) is 4.68. The van der Waals surface area contributed by atoms with Crippen LogP contribution in [0.1, 0.15) is 44.5 Å². The first kappa shape index (κ1) is 21.9. The molecule has 6 nitrogen and oxygen atoms in total. The van der Waals surface area contributed by atoms with Gasteiger partial charge in [-0.1, -0.05) is 6.07 Å². The highest BCUT2D eigenvalue weighted by molar-refractivity contribution is 7.56. The van der Waals surface area contributed by atoms with Crippen LogP contribution in [-0.4, -0.2) is 53.1 Å². The van der Waals surface area contributed by atoms with Gasteiger partial charge in [-0.2, -0.15) is 0 Å². The molecule has 0 aliphatic carbocycles. The number of hydrogen-bond acceptors (Lipinski definition) is 4. The molecule has 158 valence electrons. The van der Waals surface area contributed by atoms with E-state index in [1.807, 2.05) is 39.0 Å². The van der Waals surface area contributed by atoms with E-state index < -0.39 is 14.5 Å². The van der Waals surface area contributed by atoms with Gasteiger partial charge < -0.3 is 18.5 Å². The number of fused-ring (bicyclic) bond motifs is 1. The summed E-state index contributed by atoms with van der Waals surface area (Å²) >= 11 is 0. The Morgan fingerprint density at radius 3 is 2.48 bits per heavy atom. The molecule has 3 rings (SSSR count). The van der Waals surface area contributed by atoms with Gasteiger partial charge in [0.2, 0.25) is 14.3 Å². The second-order valence-electron chi connectivity index (χ2n) is 7.25. The third-order valence-electron chi connectivity index (χ3n) is 5.10. The molecule has 1 amide bonds. The molecule has 1 saturated heterocycles. The molecular weight excluding hydrogens is 394 g/mol. The molecule has 1 aromatic heterocycles. The van der Waals surface area contributed by atoms with E-state index in [0.717, 1.165) is 16.2 Å². The molecule has 8 heteroatoms. The molecule has 1 aromatic carbocycles. The predicted molar refractivity (Wildman–Crippen MR) is 112 cm³/mol. The van der Waals surface area contributed by atoms with Crippen LogP contribution in [0, 0.1) is 0 Å². The van der Waals surface area contributed by atoms with Crippen molar-refractivity contribution in [3.8, 4) is 0 Å². The summed E-state index contributed by atoms with van der Waals surface area (Å²) in [6.45, 7) is 8.45. The van der Waals surface area contributed by atoms with E-state index in [4.69, 9.17) is 9.05 Å². The van der Waals surface area contributed by atoms with Crippen LogP contribution in [0.4, 0.5) is 4.39 Å². The molecule has 1 fully saturated rings. The van der Waals surface area contributed by atoms with Gasteiger partial charge in [0.15, 0.2) is 5.78 Å². The van der Waals surface area contributed by atoms with Crippen LogP contribution in [0.15, 0.2) is 24.4 Å². The molecule has 0 spiro atoms. The minimum atomic E-state index is -1.23. The number of rotatable bonds is 8. The molecule has 1 aliphatic heterocycles. The van der Waals surface area contributed by atoms with Crippen molar-refractivity contribution in [1.29, 1.82) is 0 Å². The molecule has 0 saturated carbocycles. The molecule has 2 heterocycles. The van der Waals surface area contributed by atoms with Gasteiger partial charge in [-0.25, -0.2) is 4.39 Å². The molecule has 0 radical (unpaired) electrons. The highest BCUT2D eigenvalue weighted by atomic mass is 31.2. The van der Waals surface area contributed by atoms with Gasteiger partial charge in [-0.05, 0) is 39.8 Å². The standard InChI is InChI=1S/C21H28FN2O4P/c1-5-27-29(28-6-2)17-7-8-18-19(15(4)25)12-23(20(18)10-17)13-21(26)24-11-16(22)9-14(24)3/h7-8,10,12,14,16H,5-6,9,11,13H2,1-4H3/t14-,16-/m1/s1. The lowest BCUT2D eigenvalue weighted by atomic mass is 10.1. The van der Waals surface area contributed by atoms with Gasteiger partial charge in [0.1, 0.15) is 12.7 Å². The Bertz CT molecular complexity index is 894. The van der Waals surface area contributed by atoms with Crippen LogP contribution >= 0.6 is 8.38 Å². The zero-order valence-electron chi connectivity index (χ0n) is 17.4. The van der Waals surface area contributed by atoms with E-state index >= 15 is 0 Å². The second-order valence-corrected chi connectivity index (χ2v) is 8.80. The smallest absolute Gasteiger partial charge is 0.242 e. The average molecular weight is 422 g/mol. The van der Waals surface area contributed by atoms with Crippen LogP contribution in [0.5, 0.6) is 0 Å². The van der Waals surface area contributed by atoms with Crippen molar-refractivity contribution in [1.82, 2.24) is 9.47 Å². The van der Waals surface area contributed by atoms with E-state index in [-0.39, 0.29) is 30.8 Å². The number of likely N-dealkylation sites (tertiary alicyclic amines) is 1. The summed E-state index contributed by atoms with van der Waals surface area (Å²) in [6, 6.07) is 5.60. The van der Waals surface area contributed by atoms with Gasteiger partial charge in [0, 0.05) is 34.9 Å². The number of amides is 1. The van der Waals surface area contributed by atoms with Crippen LogP contribution in [-0.2, 0) is 20.4 Å². The van der Waals surface area contributed by atoms with Gasteiger partial charge in [0.05, 0.1) is 25.3 Å². The second kappa shape index (κ2) is 9.33. The first-order chi connectivity index (χ1) is 13.8. The number of nitrogens with zero attached hydrogens (tertiary/aromatic N) is 2. The number of hydrogen-bond donors (Lipinski definition) is 0. The van der Waals surface area contributed by atoms with Crippen LogP contribution < -0.4 is 5.30 Å². The molecule has 0 unspecified atom stereocenters. The molecule has 2 aromatic rings. The maximum absolute atomic E-state index is 13.7. The Balaban J connectivity index is 1.97. The van der Waals surface area contributed by atoms with E-state index in [0.29, 0.717) is 25.2 Å². The maximum atomic E-state index is 13.7. The Hall–Kier alpha value is -1.82. The van der Waals surface area contributed by atoms with Gasteiger partial charge in [-0.3, -0.25) is 9.59 Å². The summed E-state index contributed by atoms with van der Waals surface area (Å²) in [4.78, 5) is 26.5. The molecule has 0 N–H and O–H groups in total. The van der Waals surface area contributed by atoms with E-state index in [2.05, 4.69) is 0 Å². The lowest BCUT2D eigenvalue weighted by Gasteiger charge is -2.21. The number of Topliss-reactive ketones (excluding diaryl/α,β-unsaturated/α-hetero) is 1. The number of ketones is 1. The topological polar surface area (TPSA) is 60.8 Å². The maximum Gasteiger partial charge on any atom is 0.242 e. The quantitative estimate of drug-likeness (QED) is 0.480. The van der Waals surface area contributed by atoms with Gasteiger partial charge >= 0.3 is 0 Å². The summed E-state index contributed by atoms with van der Waals surface area (Å²) in [5.74, 6) is -0.212. The number of benzene rings is 1. The van der Waals surface area contributed by atoms with Gasteiger partial charge in [0.25, 0.3) is 0 Å². The average Bonchev–Trinajstić information content (AvgIpc) is 3.20. The number of aromatic nitrogens is 1. The molecular formula is C21H28FN2O4P. The first-order valence-corrected chi connectivity index (χ1v) is 11.2. The Morgan fingerprint density at radius 2 is 1.93 bits per heavy atom. The number of carbonyl (C=O) groups is 2. The lowest BCUT2D eigenvalue weighted by molar-refractivity contribution is -0.132. The van der Waals surface area contributed by atoms with Crippen molar-refractivity contribution in [3.63, 3.8) is 0 Å². The first-order valence-electron chi connectivity index (χ1n) is 9.99. The van der Waals surface area contributed by atoms with Crippen molar-refractivity contribution >= 4 is 36.3 Å². The molecule has 29 heavy (non-hydrogen) atoms. The molecule has 2 atom stereocenters. The van der Waals surface area contributed by atoms with Crippen molar-refractivity contribution in [2.24, 2.45) is 0 Å². The van der Waals surface area contributed by atoms with Crippen LogP contribution in [0.2, 0.25) is 0 Å². The minimum absolute atomic E-state index is 0.0610. The summed E-state index contributed by atoms with van der Waals surface area (Å²) in [6.07, 6.45) is 1.11. The van der Waals surface area contributed by atoms with Crippen molar-refractivity contribution in [2.45, 2.75) is 52.9 Å². The predicted octanol–water partition coefficient (Wildman–Crippen LogP) is 3.81. The number of halogens is 1. The molecule has 1 aliphatic rings. The van der Waals surface area contributed by atoms with Crippen LogP contribution in [0.3, 0.4) is 0 Å². The highest BCUT2D eigenvalue weighted by Gasteiger charge is 2.32. The number of carbonyl (C=O) groups excluding carboxylic acids is 2. The largest absolute Gasteiger partial charge is 0.337 e. The van der Waals surface area contributed by atoms with Crippen LogP contribution in [0.25, 0.3) is 10.9 Å². The van der Waals surface area contributed by atoms with Crippen molar-refractivity contribution in [3.05, 3.63) is 30.0 Å². The summed E-state index contributed by atoms with van der Waals surface area (Å²) in [5, 5.41) is 1.67. The monoisotopic (exact) mass is 422 g/mol. The Kier molecular flexibility index (Phi) is 7.04. The fourth-order valence-electron chi connectivity index (χ4n) is 3.78. The fourth-order valence-corrected chi connectivity index (χ4v) is 5.04. The normalized spacial score (nSPS) is 19.4. The van der Waals surface area contributed by atoms with E-state index in [1.165, 1.54) is 6.92 Å². The Labute approximate surface area is 171 Å². The summed E-state index contributed by atoms with van der Waals surface area (Å²) in [7, 11) is -1.23. The Morgan fingerprint density at radius 1 is 1.24 bits per heavy atom. The van der Waals surface area contributed by atoms with Crippen molar-refractivity contribution < 1.29 is 23.0 Å². The van der Waals surface area contributed by atoms with Gasteiger partial charge in [-0.15, -0.1) is 0 Å².